The van der Waals surface area contributed by atoms with Crippen LogP contribution in [0.5, 0.6) is 11.6 Å². The summed E-state index contributed by atoms with van der Waals surface area (Å²) < 4.78 is 6.67. The number of rotatable bonds is 6. The van der Waals surface area contributed by atoms with E-state index in [2.05, 4.69) is 38.1 Å². The van der Waals surface area contributed by atoms with Gasteiger partial charge in [-0.15, -0.1) is 0 Å². The Morgan fingerprint density at radius 1 is 1.30 bits per heavy atom. The first-order valence-corrected chi connectivity index (χ1v) is 7.44. The standard InChI is InChI=1S/C15H18BrN3O/c1-3-6-17-8-12-9-18-10-15(19-12)20-14-5-4-11(2)7-13(14)16/h4-5,7,9-10,17H,3,6,8H2,1-2H3. The molecule has 2 aromatic rings. The minimum absolute atomic E-state index is 0.505. The van der Waals surface area contributed by atoms with Gasteiger partial charge >= 0.3 is 0 Å². The summed E-state index contributed by atoms with van der Waals surface area (Å²) in [4.78, 5) is 8.60. The van der Waals surface area contributed by atoms with Crippen LogP contribution in [0.25, 0.3) is 0 Å². The number of benzene rings is 1. The average molecular weight is 336 g/mol. The number of aryl methyl sites for hydroxylation is 1. The first kappa shape index (κ1) is 14.9. The zero-order chi connectivity index (χ0) is 14.4. The molecule has 0 saturated heterocycles. The Morgan fingerprint density at radius 2 is 2.15 bits per heavy atom. The molecule has 5 heteroatoms. The summed E-state index contributed by atoms with van der Waals surface area (Å²) in [5, 5.41) is 3.29. The highest BCUT2D eigenvalue weighted by Gasteiger charge is 2.05. The molecule has 1 aromatic carbocycles. The third-order valence-electron chi connectivity index (χ3n) is 2.70. The van der Waals surface area contributed by atoms with Gasteiger partial charge < -0.3 is 10.1 Å². The largest absolute Gasteiger partial charge is 0.436 e. The summed E-state index contributed by atoms with van der Waals surface area (Å²) in [6, 6.07) is 5.93. The monoisotopic (exact) mass is 335 g/mol. The van der Waals surface area contributed by atoms with Crippen LogP contribution in [0.15, 0.2) is 35.1 Å². The third kappa shape index (κ3) is 4.28. The van der Waals surface area contributed by atoms with Gasteiger partial charge in [0.2, 0.25) is 5.88 Å². The van der Waals surface area contributed by atoms with Gasteiger partial charge in [-0.3, -0.25) is 4.98 Å². The van der Waals surface area contributed by atoms with Crippen molar-refractivity contribution in [3.63, 3.8) is 0 Å². The second kappa shape index (κ2) is 7.36. The van der Waals surface area contributed by atoms with Gasteiger partial charge in [-0.1, -0.05) is 13.0 Å². The molecule has 0 aliphatic rings. The molecule has 20 heavy (non-hydrogen) atoms. The predicted octanol–water partition coefficient (Wildman–Crippen LogP) is 3.84. The maximum Gasteiger partial charge on any atom is 0.238 e. The highest BCUT2D eigenvalue weighted by atomic mass is 79.9. The maximum atomic E-state index is 5.76. The van der Waals surface area contributed by atoms with Crippen LogP contribution in [0.1, 0.15) is 24.6 Å². The molecular formula is C15H18BrN3O. The van der Waals surface area contributed by atoms with E-state index < -0.39 is 0 Å². The Morgan fingerprint density at radius 3 is 2.90 bits per heavy atom. The quantitative estimate of drug-likeness (QED) is 0.814. The van der Waals surface area contributed by atoms with Crippen LogP contribution in [-0.4, -0.2) is 16.5 Å². The second-order valence-corrected chi connectivity index (χ2v) is 5.42. The minimum Gasteiger partial charge on any atom is -0.436 e. The number of aromatic nitrogens is 2. The van der Waals surface area contributed by atoms with E-state index in [1.165, 1.54) is 5.56 Å². The Kier molecular flexibility index (Phi) is 5.49. The van der Waals surface area contributed by atoms with Crippen molar-refractivity contribution in [1.29, 1.82) is 0 Å². The molecule has 1 aromatic heterocycles. The first-order chi connectivity index (χ1) is 9.69. The van der Waals surface area contributed by atoms with Crippen LogP contribution in [-0.2, 0) is 6.54 Å². The average Bonchev–Trinajstić information content (AvgIpc) is 2.43. The smallest absolute Gasteiger partial charge is 0.238 e. The minimum atomic E-state index is 0.505. The van der Waals surface area contributed by atoms with Crippen LogP contribution < -0.4 is 10.1 Å². The fourth-order valence-electron chi connectivity index (χ4n) is 1.72. The molecule has 0 spiro atoms. The summed E-state index contributed by atoms with van der Waals surface area (Å²) in [6.07, 6.45) is 4.47. The molecule has 1 N–H and O–H groups in total. The maximum absolute atomic E-state index is 5.76. The number of hydrogen-bond donors (Lipinski definition) is 1. The summed E-state index contributed by atoms with van der Waals surface area (Å²) in [7, 11) is 0. The lowest BCUT2D eigenvalue weighted by Gasteiger charge is -2.08. The molecule has 0 unspecified atom stereocenters. The van der Waals surface area contributed by atoms with Crippen molar-refractivity contribution in [2.24, 2.45) is 0 Å². The number of nitrogens with one attached hydrogen (secondary N) is 1. The number of hydrogen-bond acceptors (Lipinski definition) is 4. The fourth-order valence-corrected chi connectivity index (χ4v) is 2.29. The molecular weight excluding hydrogens is 318 g/mol. The van der Waals surface area contributed by atoms with Crippen LogP contribution in [0.4, 0.5) is 0 Å². The molecule has 1 heterocycles. The van der Waals surface area contributed by atoms with Crippen LogP contribution in [0.3, 0.4) is 0 Å². The first-order valence-electron chi connectivity index (χ1n) is 6.64. The Labute approximate surface area is 127 Å². The lowest BCUT2D eigenvalue weighted by atomic mass is 10.2. The highest BCUT2D eigenvalue weighted by molar-refractivity contribution is 9.10. The second-order valence-electron chi connectivity index (χ2n) is 4.56. The molecule has 0 radical (unpaired) electrons. The van der Waals surface area contributed by atoms with Crippen molar-refractivity contribution >= 4 is 15.9 Å². The van der Waals surface area contributed by atoms with Crippen molar-refractivity contribution in [3.8, 4) is 11.6 Å². The van der Waals surface area contributed by atoms with Crippen LogP contribution in [0.2, 0.25) is 0 Å². The normalized spacial score (nSPS) is 10.6. The fraction of sp³-hybridized carbons (Fsp3) is 0.333. The molecule has 0 saturated carbocycles. The zero-order valence-corrected chi connectivity index (χ0v) is 13.3. The van der Waals surface area contributed by atoms with Crippen LogP contribution in [0, 0.1) is 6.92 Å². The Bertz CT molecular complexity index is 575. The van der Waals surface area contributed by atoms with E-state index in [-0.39, 0.29) is 0 Å². The Hall–Kier alpha value is -1.46. The molecule has 4 nitrogen and oxygen atoms in total. The molecule has 0 amide bonds. The predicted molar refractivity (Wildman–Crippen MR) is 83.0 cm³/mol. The van der Waals surface area contributed by atoms with Crippen molar-refractivity contribution in [2.45, 2.75) is 26.8 Å². The van der Waals surface area contributed by atoms with Gasteiger partial charge in [0.1, 0.15) is 5.75 Å². The van der Waals surface area contributed by atoms with Gasteiger partial charge in [-0.25, -0.2) is 4.98 Å². The van der Waals surface area contributed by atoms with Crippen molar-refractivity contribution in [3.05, 3.63) is 46.3 Å². The lowest BCUT2D eigenvalue weighted by molar-refractivity contribution is 0.453. The van der Waals surface area contributed by atoms with Crippen molar-refractivity contribution < 1.29 is 4.74 Å². The van der Waals surface area contributed by atoms with Gasteiger partial charge in [-0.05, 0) is 53.5 Å². The van der Waals surface area contributed by atoms with E-state index in [1.54, 1.807) is 12.4 Å². The summed E-state index contributed by atoms with van der Waals surface area (Å²) in [5.41, 5.74) is 2.05. The molecule has 2 rings (SSSR count). The zero-order valence-electron chi connectivity index (χ0n) is 11.7. The van der Waals surface area contributed by atoms with Crippen molar-refractivity contribution in [1.82, 2.24) is 15.3 Å². The summed E-state index contributed by atoms with van der Waals surface area (Å²) in [6.45, 7) is 5.84. The van der Waals surface area contributed by atoms with Gasteiger partial charge in [0.15, 0.2) is 0 Å². The SMILES string of the molecule is CCCNCc1cncc(Oc2ccc(C)cc2Br)n1. The molecule has 0 bridgehead atoms. The van der Waals surface area contributed by atoms with E-state index in [1.807, 2.05) is 25.1 Å². The number of ether oxygens (including phenoxy) is 1. The topological polar surface area (TPSA) is 47.0 Å². The van der Waals surface area contributed by atoms with Gasteiger partial charge in [0, 0.05) is 12.7 Å². The molecule has 0 fully saturated rings. The lowest BCUT2D eigenvalue weighted by Crippen LogP contribution is -2.15. The van der Waals surface area contributed by atoms with Crippen LogP contribution >= 0.6 is 15.9 Å². The molecule has 0 atom stereocenters. The van der Waals surface area contributed by atoms with E-state index in [0.29, 0.717) is 12.4 Å². The van der Waals surface area contributed by atoms with E-state index >= 15 is 0 Å². The van der Waals surface area contributed by atoms with Crippen molar-refractivity contribution in [2.75, 3.05) is 6.54 Å². The Balaban J connectivity index is 2.07. The van der Waals surface area contributed by atoms with Gasteiger partial charge in [0.25, 0.3) is 0 Å². The highest BCUT2D eigenvalue weighted by Crippen LogP contribution is 2.29. The molecule has 0 aliphatic heterocycles. The van der Waals surface area contributed by atoms with E-state index in [4.69, 9.17) is 4.74 Å². The summed E-state index contributed by atoms with van der Waals surface area (Å²) in [5.74, 6) is 1.24. The van der Waals surface area contributed by atoms with E-state index in [9.17, 15) is 0 Å². The van der Waals surface area contributed by atoms with Gasteiger partial charge in [0.05, 0.1) is 16.4 Å². The number of halogens is 1. The summed E-state index contributed by atoms with van der Waals surface area (Å²) >= 11 is 3.49. The third-order valence-corrected chi connectivity index (χ3v) is 3.32. The van der Waals surface area contributed by atoms with Gasteiger partial charge in [-0.2, -0.15) is 0 Å². The molecule has 0 aliphatic carbocycles. The molecule has 106 valence electrons. The van der Waals surface area contributed by atoms with E-state index in [0.717, 1.165) is 28.9 Å². The number of nitrogens with zero attached hydrogens (tertiary/aromatic N) is 2.